The third kappa shape index (κ3) is 5.13. The highest BCUT2D eigenvalue weighted by molar-refractivity contribution is 7.13. The third-order valence-corrected chi connectivity index (χ3v) is 3.11. The minimum absolute atomic E-state index is 0.0713. The Morgan fingerprint density at radius 1 is 1.56 bits per heavy atom. The molecule has 18 heavy (non-hydrogen) atoms. The quantitative estimate of drug-likeness (QED) is 0.739. The van der Waals surface area contributed by atoms with Crippen molar-refractivity contribution in [2.45, 2.75) is 39.2 Å². The average molecular weight is 271 g/mol. The van der Waals surface area contributed by atoms with Crippen molar-refractivity contribution in [3.05, 3.63) is 11.1 Å². The van der Waals surface area contributed by atoms with Crippen LogP contribution in [0.5, 0.6) is 0 Å². The van der Waals surface area contributed by atoms with E-state index in [0.29, 0.717) is 11.6 Å². The smallest absolute Gasteiger partial charge is 0.321 e. The van der Waals surface area contributed by atoms with Gasteiger partial charge in [-0.2, -0.15) is 0 Å². The Balaban J connectivity index is 2.47. The highest BCUT2D eigenvalue weighted by Gasteiger charge is 2.15. The lowest BCUT2D eigenvalue weighted by Crippen LogP contribution is -2.39. The summed E-state index contributed by atoms with van der Waals surface area (Å²) < 4.78 is 0. The van der Waals surface area contributed by atoms with Crippen LogP contribution in [0.2, 0.25) is 0 Å². The molecular formula is C11H17N3O3S. The van der Waals surface area contributed by atoms with E-state index in [9.17, 15) is 9.59 Å². The summed E-state index contributed by atoms with van der Waals surface area (Å²) in [5, 5.41) is 16.3. The maximum atomic E-state index is 11.6. The molecule has 0 aliphatic rings. The second-order valence-electron chi connectivity index (χ2n) is 3.98. The molecule has 0 fully saturated rings. The van der Waals surface area contributed by atoms with Gasteiger partial charge in [-0.1, -0.05) is 13.3 Å². The first-order valence-electron chi connectivity index (χ1n) is 5.72. The molecule has 1 unspecified atom stereocenters. The van der Waals surface area contributed by atoms with Crippen LogP contribution in [0, 0.1) is 6.92 Å². The Morgan fingerprint density at radius 2 is 2.28 bits per heavy atom. The van der Waals surface area contributed by atoms with Crippen molar-refractivity contribution < 1.29 is 14.7 Å². The topological polar surface area (TPSA) is 91.3 Å². The molecule has 2 amide bonds. The van der Waals surface area contributed by atoms with Crippen LogP contribution in [0.4, 0.5) is 9.93 Å². The van der Waals surface area contributed by atoms with Crippen LogP contribution in [0.25, 0.3) is 0 Å². The monoisotopic (exact) mass is 271 g/mol. The van der Waals surface area contributed by atoms with Gasteiger partial charge in [0.1, 0.15) is 0 Å². The number of carboxylic acids is 1. The van der Waals surface area contributed by atoms with Gasteiger partial charge in [0.2, 0.25) is 0 Å². The maximum absolute atomic E-state index is 11.6. The molecular weight excluding hydrogens is 254 g/mol. The summed E-state index contributed by atoms with van der Waals surface area (Å²) in [4.78, 5) is 26.4. The Hall–Kier alpha value is -1.63. The standard InChI is InChI=1S/C11H17N3O3S/c1-3-4-8(5-9(15)16)13-10(17)14-11-12-7(2)6-18-11/h6,8H,3-5H2,1-2H3,(H,15,16)(H2,12,13,14,17). The molecule has 0 saturated heterocycles. The number of nitrogens with zero attached hydrogens (tertiary/aromatic N) is 1. The molecule has 6 nitrogen and oxygen atoms in total. The normalized spacial score (nSPS) is 11.9. The Kier molecular flexibility index (Phi) is 5.57. The summed E-state index contributed by atoms with van der Waals surface area (Å²) in [5.74, 6) is -0.918. The van der Waals surface area contributed by atoms with Crippen molar-refractivity contribution in [2.75, 3.05) is 5.32 Å². The minimum atomic E-state index is -0.918. The fourth-order valence-corrected chi connectivity index (χ4v) is 2.20. The highest BCUT2D eigenvalue weighted by Crippen LogP contribution is 2.14. The molecule has 0 spiro atoms. The Labute approximate surface area is 109 Å². The van der Waals surface area contributed by atoms with E-state index in [1.807, 2.05) is 19.2 Å². The molecule has 0 radical (unpaired) electrons. The molecule has 0 aromatic carbocycles. The number of aryl methyl sites for hydroxylation is 1. The molecule has 0 aliphatic heterocycles. The van der Waals surface area contributed by atoms with E-state index in [0.717, 1.165) is 12.1 Å². The van der Waals surface area contributed by atoms with E-state index < -0.39 is 12.0 Å². The zero-order valence-electron chi connectivity index (χ0n) is 10.4. The van der Waals surface area contributed by atoms with Gasteiger partial charge in [-0.25, -0.2) is 9.78 Å². The summed E-state index contributed by atoms with van der Waals surface area (Å²) in [5.41, 5.74) is 0.839. The molecule has 7 heteroatoms. The van der Waals surface area contributed by atoms with Crippen LogP contribution in [-0.4, -0.2) is 28.1 Å². The zero-order chi connectivity index (χ0) is 13.5. The summed E-state index contributed by atoms with van der Waals surface area (Å²) >= 11 is 1.33. The zero-order valence-corrected chi connectivity index (χ0v) is 11.2. The van der Waals surface area contributed by atoms with Crippen molar-refractivity contribution >= 4 is 28.5 Å². The van der Waals surface area contributed by atoms with Crippen LogP contribution in [0.15, 0.2) is 5.38 Å². The predicted molar refractivity (Wildman–Crippen MR) is 70.0 cm³/mol. The molecule has 3 N–H and O–H groups in total. The SMILES string of the molecule is CCCC(CC(=O)O)NC(=O)Nc1nc(C)cs1. The van der Waals surface area contributed by atoms with E-state index in [1.165, 1.54) is 11.3 Å². The van der Waals surface area contributed by atoms with Crippen molar-refractivity contribution in [2.24, 2.45) is 0 Å². The first-order chi connectivity index (χ1) is 8.51. The summed E-state index contributed by atoms with van der Waals surface area (Å²) in [6.07, 6.45) is 1.38. The van der Waals surface area contributed by atoms with Gasteiger partial charge in [-0.15, -0.1) is 11.3 Å². The van der Waals surface area contributed by atoms with Crippen LogP contribution in [0.1, 0.15) is 31.9 Å². The van der Waals surface area contributed by atoms with Gasteiger partial charge < -0.3 is 10.4 Å². The van der Waals surface area contributed by atoms with Crippen LogP contribution in [-0.2, 0) is 4.79 Å². The lowest BCUT2D eigenvalue weighted by molar-refractivity contribution is -0.137. The minimum Gasteiger partial charge on any atom is -0.481 e. The number of carbonyl (C=O) groups excluding carboxylic acids is 1. The van der Waals surface area contributed by atoms with Crippen molar-refractivity contribution in [3.8, 4) is 0 Å². The van der Waals surface area contributed by atoms with Crippen LogP contribution >= 0.6 is 11.3 Å². The Morgan fingerprint density at radius 3 is 2.78 bits per heavy atom. The number of nitrogens with one attached hydrogen (secondary N) is 2. The van der Waals surface area contributed by atoms with E-state index >= 15 is 0 Å². The number of hydrogen-bond donors (Lipinski definition) is 3. The predicted octanol–water partition coefficient (Wildman–Crippen LogP) is 2.22. The number of aromatic nitrogens is 1. The molecule has 1 aromatic heterocycles. The van der Waals surface area contributed by atoms with Crippen molar-refractivity contribution in [1.82, 2.24) is 10.3 Å². The fraction of sp³-hybridized carbons (Fsp3) is 0.545. The number of urea groups is 1. The largest absolute Gasteiger partial charge is 0.481 e. The molecule has 0 aliphatic carbocycles. The second kappa shape index (κ2) is 6.95. The van der Waals surface area contributed by atoms with Gasteiger partial charge in [0.15, 0.2) is 5.13 Å². The van der Waals surface area contributed by atoms with Gasteiger partial charge in [0.05, 0.1) is 12.1 Å². The molecule has 1 atom stereocenters. The first-order valence-corrected chi connectivity index (χ1v) is 6.60. The van der Waals surface area contributed by atoms with Crippen LogP contribution < -0.4 is 10.6 Å². The summed E-state index contributed by atoms with van der Waals surface area (Å²) in [6, 6.07) is -0.766. The molecule has 1 heterocycles. The van der Waals surface area contributed by atoms with Crippen LogP contribution in [0.3, 0.4) is 0 Å². The summed E-state index contributed by atoms with van der Waals surface area (Å²) in [6.45, 7) is 3.78. The Bertz CT molecular complexity index is 419. The second-order valence-corrected chi connectivity index (χ2v) is 4.83. The molecule has 1 aromatic rings. The van der Waals surface area contributed by atoms with E-state index in [2.05, 4.69) is 15.6 Å². The van der Waals surface area contributed by atoms with E-state index in [-0.39, 0.29) is 12.5 Å². The van der Waals surface area contributed by atoms with E-state index in [4.69, 9.17) is 5.11 Å². The number of thiazole rings is 1. The van der Waals surface area contributed by atoms with Gasteiger partial charge in [-0.05, 0) is 13.3 Å². The lowest BCUT2D eigenvalue weighted by atomic mass is 10.1. The van der Waals surface area contributed by atoms with Gasteiger partial charge in [-0.3, -0.25) is 10.1 Å². The van der Waals surface area contributed by atoms with E-state index in [1.54, 1.807) is 0 Å². The van der Waals surface area contributed by atoms with Crippen molar-refractivity contribution in [1.29, 1.82) is 0 Å². The van der Waals surface area contributed by atoms with Crippen molar-refractivity contribution in [3.63, 3.8) is 0 Å². The molecule has 0 bridgehead atoms. The molecule has 0 saturated carbocycles. The lowest BCUT2D eigenvalue weighted by Gasteiger charge is -2.15. The number of rotatable bonds is 6. The molecule has 1 rings (SSSR count). The third-order valence-electron chi connectivity index (χ3n) is 2.23. The van der Waals surface area contributed by atoms with Gasteiger partial charge in [0.25, 0.3) is 0 Å². The highest BCUT2D eigenvalue weighted by atomic mass is 32.1. The number of aliphatic carboxylic acids is 1. The maximum Gasteiger partial charge on any atom is 0.321 e. The average Bonchev–Trinajstić information content (AvgIpc) is 2.62. The number of carboxylic acid groups (broad SMARTS) is 1. The summed E-state index contributed by atoms with van der Waals surface area (Å²) in [7, 11) is 0. The van der Waals surface area contributed by atoms with Gasteiger partial charge in [0, 0.05) is 11.4 Å². The first kappa shape index (κ1) is 14.4. The number of anilines is 1. The molecule has 100 valence electrons. The number of hydrogen-bond acceptors (Lipinski definition) is 4. The number of amides is 2. The fourth-order valence-electron chi connectivity index (χ4n) is 1.51. The van der Waals surface area contributed by atoms with Gasteiger partial charge >= 0.3 is 12.0 Å². The number of carbonyl (C=O) groups is 2.